The third-order valence-corrected chi connectivity index (χ3v) is 6.60. The Hall–Kier alpha value is -4.45. The van der Waals surface area contributed by atoms with E-state index >= 15 is 0 Å². The summed E-state index contributed by atoms with van der Waals surface area (Å²) in [4.78, 5) is 30.5. The normalized spacial score (nSPS) is 13.1. The van der Waals surface area contributed by atoms with Crippen molar-refractivity contribution in [3.63, 3.8) is 0 Å². The first-order valence-corrected chi connectivity index (χ1v) is 12.7. The Morgan fingerprint density at radius 1 is 1.13 bits per heavy atom. The zero-order valence-corrected chi connectivity index (χ0v) is 22.0. The highest BCUT2D eigenvalue weighted by molar-refractivity contribution is 5.80. The quantitative estimate of drug-likeness (QED) is 0.286. The third-order valence-electron chi connectivity index (χ3n) is 6.60. The summed E-state index contributed by atoms with van der Waals surface area (Å²) in [5.74, 6) is 2.11. The van der Waals surface area contributed by atoms with Gasteiger partial charge < -0.3 is 23.9 Å². The number of tetrazole rings is 1. The number of hydrogen-bond acceptors (Lipinski definition) is 10. The maximum Gasteiger partial charge on any atom is 0.327 e. The molecule has 0 radical (unpaired) electrons. The Balaban J connectivity index is 1.51. The van der Waals surface area contributed by atoms with Crippen LogP contribution in [0.5, 0.6) is 17.2 Å². The van der Waals surface area contributed by atoms with Crippen LogP contribution in [-0.4, -0.2) is 56.6 Å². The molecule has 12 nitrogen and oxygen atoms in total. The SMILES string of the molecule is CCOC(=O)Cn1nnnc1C(CC)N(Cc1ccc2c(c1)OCO2)Cc1cc2ccc(OC)cc2[nH]c1=O. The van der Waals surface area contributed by atoms with Crippen LogP contribution in [0.2, 0.25) is 0 Å². The second-order valence-electron chi connectivity index (χ2n) is 9.09. The van der Waals surface area contributed by atoms with Gasteiger partial charge in [0.2, 0.25) is 6.79 Å². The smallest absolute Gasteiger partial charge is 0.327 e. The summed E-state index contributed by atoms with van der Waals surface area (Å²) in [5, 5.41) is 13.0. The molecule has 2 aromatic heterocycles. The van der Waals surface area contributed by atoms with E-state index in [0.717, 1.165) is 10.9 Å². The van der Waals surface area contributed by atoms with Gasteiger partial charge in [0.15, 0.2) is 17.3 Å². The summed E-state index contributed by atoms with van der Waals surface area (Å²) >= 11 is 0. The minimum absolute atomic E-state index is 0.108. The van der Waals surface area contributed by atoms with Crippen molar-refractivity contribution < 1.29 is 23.7 Å². The van der Waals surface area contributed by atoms with Crippen LogP contribution in [0.15, 0.2) is 47.3 Å². The molecule has 0 aliphatic carbocycles. The predicted molar refractivity (Wildman–Crippen MR) is 140 cm³/mol. The number of methoxy groups -OCH3 is 1. The molecule has 1 unspecified atom stereocenters. The Morgan fingerprint density at radius 3 is 2.77 bits per heavy atom. The minimum Gasteiger partial charge on any atom is -0.497 e. The lowest BCUT2D eigenvalue weighted by Crippen LogP contribution is -2.33. The van der Waals surface area contributed by atoms with E-state index in [-0.39, 0.29) is 31.5 Å². The molecule has 2 aromatic carbocycles. The zero-order valence-electron chi connectivity index (χ0n) is 22.0. The number of pyridine rings is 1. The van der Waals surface area contributed by atoms with Gasteiger partial charge in [0.25, 0.3) is 5.56 Å². The predicted octanol–water partition coefficient (Wildman–Crippen LogP) is 2.97. The van der Waals surface area contributed by atoms with Crippen molar-refractivity contribution in [3.05, 3.63) is 69.8 Å². The number of aromatic nitrogens is 5. The van der Waals surface area contributed by atoms with Crippen LogP contribution in [0.1, 0.15) is 43.3 Å². The van der Waals surface area contributed by atoms with Gasteiger partial charge in [0, 0.05) is 24.7 Å². The number of carbonyl (C=O) groups excluding carboxylic acids is 1. The van der Waals surface area contributed by atoms with Crippen molar-refractivity contribution in [3.8, 4) is 17.2 Å². The number of hydrogen-bond donors (Lipinski definition) is 1. The summed E-state index contributed by atoms with van der Waals surface area (Å²) in [6, 6.07) is 12.9. The van der Waals surface area contributed by atoms with E-state index in [2.05, 4.69) is 25.4 Å². The summed E-state index contributed by atoms with van der Waals surface area (Å²) in [6.45, 7) is 4.86. The van der Waals surface area contributed by atoms with Gasteiger partial charge in [-0.05, 0) is 65.1 Å². The zero-order chi connectivity index (χ0) is 27.4. The van der Waals surface area contributed by atoms with Gasteiger partial charge in [-0.3, -0.25) is 14.5 Å². The molecule has 0 bridgehead atoms. The second-order valence-corrected chi connectivity index (χ2v) is 9.09. The van der Waals surface area contributed by atoms with Crippen LogP contribution in [0.3, 0.4) is 0 Å². The van der Waals surface area contributed by atoms with Crippen molar-refractivity contribution in [1.29, 1.82) is 0 Å². The van der Waals surface area contributed by atoms with Crippen molar-refractivity contribution >= 4 is 16.9 Å². The average Bonchev–Trinajstić information content (AvgIpc) is 3.58. The first kappa shape index (κ1) is 26.2. The van der Waals surface area contributed by atoms with E-state index in [1.54, 1.807) is 20.1 Å². The molecule has 1 N–H and O–H groups in total. The molecule has 0 saturated heterocycles. The molecule has 0 spiro atoms. The molecule has 1 atom stereocenters. The first-order chi connectivity index (χ1) is 19.0. The number of esters is 1. The number of ether oxygens (including phenoxy) is 4. The summed E-state index contributed by atoms with van der Waals surface area (Å²) < 4.78 is 22.9. The monoisotopic (exact) mass is 534 g/mol. The fraction of sp³-hybridized carbons (Fsp3) is 0.370. The highest BCUT2D eigenvalue weighted by Crippen LogP contribution is 2.34. The van der Waals surface area contributed by atoms with E-state index in [1.807, 2.05) is 43.3 Å². The van der Waals surface area contributed by atoms with E-state index < -0.39 is 5.97 Å². The number of nitrogens with zero attached hydrogens (tertiary/aromatic N) is 5. The van der Waals surface area contributed by atoms with Crippen molar-refractivity contribution in [2.75, 3.05) is 20.5 Å². The van der Waals surface area contributed by atoms with E-state index in [1.165, 1.54) is 4.68 Å². The van der Waals surface area contributed by atoms with Crippen molar-refractivity contribution in [2.45, 2.75) is 45.9 Å². The maximum absolute atomic E-state index is 13.2. The summed E-state index contributed by atoms with van der Waals surface area (Å²) in [5.41, 5.74) is 2.03. The molecule has 39 heavy (non-hydrogen) atoms. The van der Waals surface area contributed by atoms with Gasteiger partial charge in [0.05, 0.1) is 25.3 Å². The molecule has 12 heteroatoms. The standard InChI is InChI=1S/C27H30N6O6/c1-4-22(26-29-30-31-33(26)15-25(34)37-5-2)32(13-17-6-9-23-24(10-17)39-16-38-23)14-19-11-18-7-8-20(36-3)12-21(18)28-27(19)35/h6-12,22H,4-5,13-16H2,1-3H3,(H,28,35). The van der Waals surface area contributed by atoms with E-state index in [0.29, 0.717) is 53.7 Å². The lowest BCUT2D eigenvalue weighted by atomic mass is 10.1. The molecule has 1 aliphatic rings. The number of carbonyl (C=O) groups is 1. The number of rotatable bonds is 11. The van der Waals surface area contributed by atoms with Crippen LogP contribution in [-0.2, 0) is 29.2 Å². The molecular formula is C27H30N6O6. The van der Waals surface area contributed by atoms with Gasteiger partial charge in [0.1, 0.15) is 12.3 Å². The Kier molecular flexibility index (Phi) is 7.73. The Morgan fingerprint density at radius 2 is 1.97 bits per heavy atom. The van der Waals surface area contributed by atoms with Crippen molar-refractivity contribution in [2.24, 2.45) is 0 Å². The van der Waals surface area contributed by atoms with Gasteiger partial charge in [-0.25, -0.2) is 4.68 Å². The van der Waals surface area contributed by atoms with Gasteiger partial charge in [-0.15, -0.1) is 5.10 Å². The molecule has 0 amide bonds. The first-order valence-electron chi connectivity index (χ1n) is 12.7. The molecule has 3 heterocycles. The number of nitrogens with one attached hydrogen (secondary N) is 1. The molecule has 5 rings (SSSR count). The van der Waals surface area contributed by atoms with Gasteiger partial charge in [-0.1, -0.05) is 13.0 Å². The molecule has 0 fully saturated rings. The topological polar surface area (TPSA) is 134 Å². The molecule has 204 valence electrons. The van der Waals surface area contributed by atoms with Gasteiger partial charge in [-0.2, -0.15) is 0 Å². The fourth-order valence-electron chi connectivity index (χ4n) is 4.73. The third kappa shape index (κ3) is 5.70. The molecule has 4 aromatic rings. The molecular weight excluding hydrogens is 504 g/mol. The number of H-pyrrole nitrogens is 1. The van der Waals surface area contributed by atoms with Crippen LogP contribution in [0.4, 0.5) is 0 Å². The van der Waals surface area contributed by atoms with E-state index in [9.17, 15) is 9.59 Å². The minimum atomic E-state index is -0.426. The maximum atomic E-state index is 13.2. The summed E-state index contributed by atoms with van der Waals surface area (Å²) in [7, 11) is 1.59. The highest BCUT2D eigenvalue weighted by Gasteiger charge is 2.27. The van der Waals surface area contributed by atoms with Crippen LogP contribution in [0, 0.1) is 0 Å². The van der Waals surface area contributed by atoms with Crippen molar-refractivity contribution in [1.82, 2.24) is 30.1 Å². The Labute approximate surface area is 224 Å². The average molecular weight is 535 g/mol. The lowest BCUT2D eigenvalue weighted by molar-refractivity contribution is -0.144. The largest absolute Gasteiger partial charge is 0.497 e. The highest BCUT2D eigenvalue weighted by atomic mass is 16.7. The Bertz CT molecular complexity index is 1530. The van der Waals surface area contributed by atoms with Crippen LogP contribution < -0.4 is 19.8 Å². The lowest BCUT2D eigenvalue weighted by Gasteiger charge is -2.30. The number of fused-ring (bicyclic) bond motifs is 2. The molecule has 1 aliphatic heterocycles. The van der Waals surface area contributed by atoms with E-state index in [4.69, 9.17) is 18.9 Å². The van der Waals surface area contributed by atoms with Crippen LogP contribution in [0.25, 0.3) is 10.9 Å². The number of aromatic amines is 1. The second kappa shape index (κ2) is 11.5. The van der Waals surface area contributed by atoms with Gasteiger partial charge >= 0.3 is 5.97 Å². The number of benzene rings is 2. The molecule has 0 saturated carbocycles. The summed E-state index contributed by atoms with van der Waals surface area (Å²) in [6.07, 6.45) is 0.621. The fourth-order valence-corrected chi connectivity index (χ4v) is 4.73. The van der Waals surface area contributed by atoms with Crippen LogP contribution >= 0.6 is 0 Å².